The van der Waals surface area contributed by atoms with Gasteiger partial charge in [-0.3, -0.25) is 9.69 Å². The number of esters is 1. The Hall–Kier alpha value is -3.61. The fraction of sp³-hybridized carbons (Fsp3) is 0.323. The molecule has 2 aromatic carbocycles. The number of cyclic esters (lactones) is 1. The molecule has 1 saturated heterocycles. The number of nitrogens with zero attached hydrogens (tertiary/aromatic N) is 4. The minimum Gasteiger partial charge on any atom is -0.458 e. The van der Waals surface area contributed by atoms with E-state index in [2.05, 4.69) is 4.90 Å². The Bertz CT molecular complexity index is 1970. The third-order valence-electron chi connectivity index (χ3n) is 8.88. The van der Waals surface area contributed by atoms with E-state index >= 15 is 0 Å². The van der Waals surface area contributed by atoms with Crippen LogP contribution < -0.4 is 5.56 Å². The van der Waals surface area contributed by atoms with Crippen LogP contribution in [0.15, 0.2) is 64.3 Å². The largest absolute Gasteiger partial charge is 0.458 e. The summed E-state index contributed by atoms with van der Waals surface area (Å²) in [4.78, 5) is 33.6. The number of aromatic nitrogens is 2. The zero-order chi connectivity index (χ0) is 30.1. The lowest BCUT2D eigenvalue weighted by molar-refractivity contribution is -0.172. The van der Waals surface area contributed by atoms with E-state index in [0.717, 1.165) is 22.0 Å². The number of halogens is 1. The second kappa shape index (κ2) is 10.2. The Labute approximate surface area is 253 Å². The van der Waals surface area contributed by atoms with E-state index in [4.69, 9.17) is 21.3 Å². The number of hydrogen-bond donors (Lipinski definition) is 1. The Morgan fingerprint density at radius 2 is 1.74 bits per heavy atom. The van der Waals surface area contributed by atoms with Crippen LogP contribution >= 0.6 is 11.6 Å². The molecule has 4 aromatic rings. The molecule has 7 rings (SSSR count). The van der Waals surface area contributed by atoms with Crippen LogP contribution in [0.1, 0.15) is 35.6 Å². The van der Waals surface area contributed by atoms with Gasteiger partial charge in [-0.1, -0.05) is 36.7 Å². The number of carbonyl (C=O) groups excluding carboxylic acids is 1. The standard InChI is InChI=1S/C31H29ClN4O6S/c1-2-31(39)25-15-27-28-23(17-36(27)29(37)24(25)18-42-30(31)38)22(21-5-3-4-6-26(21)33-28)16-34-11-13-35(14-12-34)43(40,41)20-9-7-19(32)8-10-20/h3-10,15,39H,2,11-14,16-18H2,1H3/t31-/m0/s1. The summed E-state index contributed by atoms with van der Waals surface area (Å²) in [6, 6.07) is 15.7. The Morgan fingerprint density at radius 3 is 2.47 bits per heavy atom. The average molecular weight is 621 g/mol. The zero-order valence-corrected chi connectivity index (χ0v) is 25.0. The molecule has 1 fully saturated rings. The highest BCUT2D eigenvalue weighted by Gasteiger charge is 2.45. The maximum atomic E-state index is 13.7. The topological polar surface area (TPSA) is 122 Å². The fourth-order valence-electron chi connectivity index (χ4n) is 6.40. The van der Waals surface area contributed by atoms with Crippen LogP contribution in [-0.2, 0) is 44.9 Å². The van der Waals surface area contributed by atoms with E-state index in [1.54, 1.807) is 29.7 Å². The van der Waals surface area contributed by atoms with Gasteiger partial charge in [0.1, 0.15) is 6.61 Å². The lowest BCUT2D eigenvalue weighted by Gasteiger charge is -2.34. The number of hydrogen-bond acceptors (Lipinski definition) is 8. The molecule has 0 aliphatic carbocycles. The summed E-state index contributed by atoms with van der Waals surface area (Å²) in [7, 11) is -3.64. The number of aliphatic hydroxyl groups is 1. The fourth-order valence-corrected chi connectivity index (χ4v) is 7.95. The zero-order valence-electron chi connectivity index (χ0n) is 23.4. The number of ether oxygens (including phenoxy) is 1. The molecule has 43 heavy (non-hydrogen) atoms. The number of rotatable bonds is 5. The molecular formula is C31H29ClN4O6S. The number of fused-ring (bicyclic) bond motifs is 5. The van der Waals surface area contributed by atoms with Crippen LogP contribution in [0.3, 0.4) is 0 Å². The van der Waals surface area contributed by atoms with E-state index in [1.165, 1.54) is 16.4 Å². The van der Waals surface area contributed by atoms with Crippen molar-refractivity contribution in [3.8, 4) is 11.4 Å². The van der Waals surface area contributed by atoms with Gasteiger partial charge in [-0.2, -0.15) is 4.31 Å². The van der Waals surface area contributed by atoms with Gasteiger partial charge in [-0.25, -0.2) is 18.2 Å². The summed E-state index contributed by atoms with van der Waals surface area (Å²) in [5.41, 5.74) is 2.27. The lowest BCUT2D eigenvalue weighted by atomic mass is 9.86. The number of benzene rings is 2. The molecule has 1 atom stereocenters. The molecule has 0 saturated carbocycles. The highest BCUT2D eigenvalue weighted by atomic mass is 35.5. The molecule has 3 aliphatic rings. The molecule has 2 aromatic heterocycles. The minimum absolute atomic E-state index is 0.0741. The second-order valence-electron chi connectivity index (χ2n) is 11.2. The molecule has 5 heterocycles. The third kappa shape index (κ3) is 4.41. The van der Waals surface area contributed by atoms with Gasteiger partial charge in [0.15, 0.2) is 5.60 Å². The molecule has 0 amide bonds. The van der Waals surface area contributed by atoms with Gasteiger partial charge in [0.05, 0.1) is 33.9 Å². The van der Waals surface area contributed by atoms with Crippen molar-refractivity contribution in [1.29, 1.82) is 0 Å². The Balaban J connectivity index is 1.23. The van der Waals surface area contributed by atoms with Crippen molar-refractivity contribution in [3.05, 3.63) is 92.2 Å². The van der Waals surface area contributed by atoms with E-state index in [0.29, 0.717) is 55.7 Å². The van der Waals surface area contributed by atoms with Crippen molar-refractivity contribution >= 4 is 38.5 Å². The first kappa shape index (κ1) is 28.2. The number of piperazine rings is 1. The van der Waals surface area contributed by atoms with Crippen molar-refractivity contribution in [2.45, 2.75) is 43.5 Å². The molecule has 3 aliphatic heterocycles. The monoisotopic (exact) mass is 620 g/mol. The summed E-state index contributed by atoms with van der Waals surface area (Å²) >= 11 is 5.95. The van der Waals surface area contributed by atoms with E-state index in [-0.39, 0.29) is 34.6 Å². The Kier molecular flexibility index (Phi) is 6.71. The summed E-state index contributed by atoms with van der Waals surface area (Å²) in [5.74, 6) is -0.755. The van der Waals surface area contributed by atoms with Gasteiger partial charge in [0.2, 0.25) is 10.0 Å². The maximum absolute atomic E-state index is 13.7. The first-order valence-electron chi connectivity index (χ1n) is 14.2. The summed E-state index contributed by atoms with van der Waals surface area (Å²) in [6.45, 7) is 4.08. The number of para-hydroxylation sites is 1. The molecule has 12 heteroatoms. The Morgan fingerprint density at radius 1 is 1.02 bits per heavy atom. The van der Waals surface area contributed by atoms with Gasteiger partial charge in [0.25, 0.3) is 5.56 Å². The highest BCUT2D eigenvalue weighted by Crippen LogP contribution is 2.40. The van der Waals surface area contributed by atoms with Crippen LogP contribution in [0.5, 0.6) is 0 Å². The van der Waals surface area contributed by atoms with E-state index < -0.39 is 21.6 Å². The smallest absolute Gasteiger partial charge is 0.343 e. The summed E-state index contributed by atoms with van der Waals surface area (Å²) in [6.07, 6.45) is 0.0741. The van der Waals surface area contributed by atoms with Gasteiger partial charge < -0.3 is 14.4 Å². The first-order chi connectivity index (χ1) is 20.6. The third-order valence-corrected chi connectivity index (χ3v) is 11.0. The van der Waals surface area contributed by atoms with Crippen LogP contribution in [0.4, 0.5) is 0 Å². The predicted molar refractivity (Wildman–Crippen MR) is 160 cm³/mol. The van der Waals surface area contributed by atoms with Gasteiger partial charge >= 0.3 is 5.97 Å². The molecule has 0 radical (unpaired) electrons. The van der Waals surface area contributed by atoms with Crippen molar-refractivity contribution in [2.75, 3.05) is 26.2 Å². The minimum atomic E-state index is -3.64. The normalized spacial score (nSPS) is 20.5. The van der Waals surface area contributed by atoms with Crippen LogP contribution in [0, 0.1) is 0 Å². The molecule has 0 bridgehead atoms. The average Bonchev–Trinajstić information content (AvgIpc) is 3.38. The van der Waals surface area contributed by atoms with E-state index in [1.807, 2.05) is 24.3 Å². The van der Waals surface area contributed by atoms with Crippen molar-refractivity contribution in [1.82, 2.24) is 18.8 Å². The number of carbonyl (C=O) groups is 1. The predicted octanol–water partition coefficient (Wildman–Crippen LogP) is 3.24. The molecular weight excluding hydrogens is 592 g/mol. The van der Waals surface area contributed by atoms with E-state index in [9.17, 15) is 23.1 Å². The molecule has 10 nitrogen and oxygen atoms in total. The van der Waals surface area contributed by atoms with Crippen LogP contribution in [0.2, 0.25) is 5.02 Å². The van der Waals surface area contributed by atoms with Gasteiger partial charge in [-0.05, 0) is 48.4 Å². The lowest BCUT2D eigenvalue weighted by Crippen LogP contribution is -2.48. The molecule has 222 valence electrons. The SMILES string of the molecule is CC[C@@]1(O)C(=O)OCc2c1cc1n(c2=O)Cc2c-1nc1ccccc1c2CN1CCN(S(=O)(=O)c2ccc(Cl)cc2)CC1. The molecule has 0 unspecified atom stereocenters. The molecule has 0 spiro atoms. The molecule has 1 N–H and O–H groups in total. The van der Waals surface area contributed by atoms with Crippen molar-refractivity contribution in [3.63, 3.8) is 0 Å². The van der Waals surface area contributed by atoms with Gasteiger partial charge in [0, 0.05) is 54.3 Å². The second-order valence-corrected chi connectivity index (χ2v) is 13.5. The van der Waals surface area contributed by atoms with Crippen molar-refractivity contribution < 1.29 is 23.1 Å². The van der Waals surface area contributed by atoms with Crippen LogP contribution in [0.25, 0.3) is 22.3 Å². The maximum Gasteiger partial charge on any atom is 0.343 e. The van der Waals surface area contributed by atoms with Crippen molar-refractivity contribution in [2.24, 2.45) is 0 Å². The summed E-state index contributed by atoms with van der Waals surface area (Å²) in [5, 5.41) is 12.7. The summed E-state index contributed by atoms with van der Waals surface area (Å²) < 4.78 is 34.8. The highest BCUT2D eigenvalue weighted by molar-refractivity contribution is 7.89. The number of sulfonamides is 1. The van der Waals surface area contributed by atoms with Gasteiger partial charge in [-0.15, -0.1) is 0 Å². The number of pyridine rings is 2. The first-order valence-corrected chi connectivity index (χ1v) is 16.0. The van der Waals surface area contributed by atoms with Crippen LogP contribution in [-0.4, -0.2) is 64.4 Å². The quantitative estimate of drug-likeness (QED) is 0.297.